The topological polar surface area (TPSA) is 40.6 Å². The fourth-order valence-corrected chi connectivity index (χ4v) is 5.79. The second kappa shape index (κ2) is 6.26. The van der Waals surface area contributed by atoms with Gasteiger partial charge in [0.25, 0.3) is 10.0 Å². The van der Waals surface area contributed by atoms with Gasteiger partial charge in [0.05, 0.1) is 0 Å². The van der Waals surface area contributed by atoms with Gasteiger partial charge in [0.1, 0.15) is 4.21 Å². The summed E-state index contributed by atoms with van der Waals surface area (Å²) in [6.07, 6.45) is 0. The Morgan fingerprint density at radius 3 is 2.26 bits per heavy atom. The first-order valence-corrected chi connectivity index (χ1v) is 10.0. The molecule has 1 aromatic carbocycles. The lowest BCUT2D eigenvalue weighted by Crippen LogP contribution is -2.48. The minimum absolute atomic E-state index is 0.454. The van der Waals surface area contributed by atoms with E-state index in [-0.39, 0.29) is 0 Å². The summed E-state index contributed by atoms with van der Waals surface area (Å²) in [6, 6.07) is 9.87. The fourth-order valence-electron chi connectivity index (χ4n) is 2.93. The van der Waals surface area contributed by atoms with Crippen LogP contribution in [0.5, 0.6) is 0 Å². The van der Waals surface area contributed by atoms with Gasteiger partial charge in [0, 0.05) is 36.7 Å². The molecule has 0 radical (unpaired) electrons. The van der Waals surface area contributed by atoms with E-state index in [1.807, 2.05) is 13.0 Å². The third kappa shape index (κ3) is 3.16. The lowest BCUT2D eigenvalue weighted by molar-refractivity contribution is 0.385. The Balaban J connectivity index is 1.75. The standard InChI is InChI=1S/C17H22N2O2S2/c1-13-5-4-6-16(15(13)3)18-9-11-19(12-10-18)23(20,21)17-8-7-14(2)22-17/h4-8H,9-12H2,1-3H3. The Labute approximate surface area is 142 Å². The Hall–Kier alpha value is -1.37. The largest absolute Gasteiger partial charge is 0.369 e. The van der Waals surface area contributed by atoms with Crippen molar-refractivity contribution in [1.29, 1.82) is 0 Å². The van der Waals surface area contributed by atoms with Crippen LogP contribution in [0.25, 0.3) is 0 Å². The van der Waals surface area contributed by atoms with E-state index in [2.05, 4.69) is 36.9 Å². The van der Waals surface area contributed by atoms with E-state index < -0.39 is 10.0 Å². The zero-order valence-electron chi connectivity index (χ0n) is 13.7. The molecule has 0 aliphatic carbocycles. The number of nitrogens with zero attached hydrogens (tertiary/aromatic N) is 2. The zero-order valence-corrected chi connectivity index (χ0v) is 15.4. The average Bonchev–Trinajstić information content (AvgIpc) is 2.98. The van der Waals surface area contributed by atoms with Crippen molar-refractivity contribution < 1.29 is 8.42 Å². The summed E-state index contributed by atoms with van der Waals surface area (Å²) in [4.78, 5) is 3.31. The molecule has 1 aromatic heterocycles. The molecule has 1 fully saturated rings. The number of benzene rings is 1. The van der Waals surface area contributed by atoms with Gasteiger partial charge in [-0.1, -0.05) is 12.1 Å². The summed E-state index contributed by atoms with van der Waals surface area (Å²) in [6.45, 7) is 8.70. The van der Waals surface area contributed by atoms with E-state index in [0.717, 1.165) is 18.0 Å². The first kappa shape index (κ1) is 16.5. The number of sulfonamides is 1. The summed E-state index contributed by atoms with van der Waals surface area (Å²) in [5.74, 6) is 0. The highest BCUT2D eigenvalue weighted by molar-refractivity contribution is 7.91. The maximum Gasteiger partial charge on any atom is 0.252 e. The summed E-state index contributed by atoms with van der Waals surface area (Å²) in [5, 5.41) is 0. The van der Waals surface area contributed by atoms with Gasteiger partial charge in [-0.3, -0.25) is 0 Å². The Morgan fingerprint density at radius 1 is 0.957 bits per heavy atom. The van der Waals surface area contributed by atoms with Gasteiger partial charge in [0.2, 0.25) is 0 Å². The Bertz CT molecular complexity index is 804. The first-order chi connectivity index (χ1) is 10.9. The molecule has 2 aromatic rings. The smallest absolute Gasteiger partial charge is 0.252 e. The van der Waals surface area contributed by atoms with Crippen molar-refractivity contribution in [3.63, 3.8) is 0 Å². The van der Waals surface area contributed by atoms with Gasteiger partial charge < -0.3 is 4.90 Å². The second-order valence-corrected chi connectivity index (χ2v) is 9.43. The monoisotopic (exact) mass is 350 g/mol. The molecule has 0 amide bonds. The predicted molar refractivity (Wildman–Crippen MR) is 95.9 cm³/mol. The fraction of sp³-hybridized carbons (Fsp3) is 0.412. The summed E-state index contributed by atoms with van der Waals surface area (Å²) < 4.78 is 27.4. The molecule has 124 valence electrons. The van der Waals surface area contributed by atoms with E-state index >= 15 is 0 Å². The average molecular weight is 351 g/mol. The summed E-state index contributed by atoms with van der Waals surface area (Å²) in [7, 11) is -3.34. The molecule has 0 saturated carbocycles. The van der Waals surface area contributed by atoms with Crippen LogP contribution in [0.3, 0.4) is 0 Å². The van der Waals surface area contributed by atoms with Crippen molar-refractivity contribution in [1.82, 2.24) is 4.31 Å². The SMILES string of the molecule is Cc1ccc(S(=O)(=O)N2CCN(c3cccc(C)c3C)CC2)s1. The third-order valence-corrected chi connectivity index (χ3v) is 7.83. The molecule has 0 unspecified atom stereocenters. The zero-order chi connectivity index (χ0) is 16.6. The van der Waals surface area contributed by atoms with E-state index in [9.17, 15) is 8.42 Å². The molecule has 6 heteroatoms. The highest BCUT2D eigenvalue weighted by atomic mass is 32.2. The molecule has 0 spiro atoms. The molecule has 0 atom stereocenters. The second-order valence-electron chi connectivity index (χ2n) is 5.98. The van der Waals surface area contributed by atoms with Gasteiger partial charge >= 0.3 is 0 Å². The number of rotatable bonds is 3. The van der Waals surface area contributed by atoms with Gasteiger partial charge in [-0.05, 0) is 50.1 Å². The summed E-state index contributed by atoms with van der Waals surface area (Å²) in [5.41, 5.74) is 3.76. The molecular formula is C17H22N2O2S2. The van der Waals surface area contributed by atoms with Crippen LogP contribution in [-0.2, 0) is 10.0 Å². The minimum atomic E-state index is -3.34. The van der Waals surface area contributed by atoms with Crippen LogP contribution < -0.4 is 4.90 Å². The molecule has 23 heavy (non-hydrogen) atoms. The van der Waals surface area contributed by atoms with E-state index in [4.69, 9.17) is 0 Å². The van der Waals surface area contributed by atoms with Crippen molar-refractivity contribution in [2.75, 3.05) is 31.1 Å². The highest BCUT2D eigenvalue weighted by Crippen LogP contribution is 2.28. The van der Waals surface area contributed by atoms with Crippen LogP contribution in [0.2, 0.25) is 0 Å². The van der Waals surface area contributed by atoms with Crippen LogP contribution in [-0.4, -0.2) is 38.9 Å². The molecule has 1 aliphatic heterocycles. The molecule has 4 nitrogen and oxygen atoms in total. The number of thiophene rings is 1. The Kier molecular flexibility index (Phi) is 4.49. The number of piperazine rings is 1. The van der Waals surface area contributed by atoms with Gasteiger partial charge in [-0.15, -0.1) is 11.3 Å². The van der Waals surface area contributed by atoms with Crippen LogP contribution in [0.1, 0.15) is 16.0 Å². The normalized spacial score (nSPS) is 16.7. The number of aryl methyl sites for hydroxylation is 2. The molecule has 2 heterocycles. The van der Waals surface area contributed by atoms with E-state index in [1.165, 1.54) is 28.2 Å². The van der Waals surface area contributed by atoms with E-state index in [0.29, 0.717) is 17.3 Å². The molecule has 0 N–H and O–H groups in total. The quantitative estimate of drug-likeness (QED) is 0.854. The number of anilines is 1. The van der Waals surface area contributed by atoms with E-state index in [1.54, 1.807) is 10.4 Å². The lowest BCUT2D eigenvalue weighted by atomic mass is 10.1. The predicted octanol–water partition coefficient (Wildman–Crippen LogP) is 3.18. The van der Waals surface area contributed by atoms with Gasteiger partial charge in [0.15, 0.2) is 0 Å². The Morgan fingerprint density at radius 2 is 1.65 bits per heavy atom. The molecule has 1 aliphatic rings. The van der Waals surface area contributed by atoms with Crippen molar-refractivity contribution in [3.8, 4) is 0 Å². The van der Waals surface area contributed by atoms with Crippen LogP contribution in [0.4, 0.5) is 5.69 Å². The van der Waals surface area contributed by atoms with Crippen LogP contribution in [0.15, 0.2) is 34.5 Å². The number of hydrogen-bond donors (Lipinski definition) is 0. The van der Waals surface area contributed by atoms with Crippen LogP contribution in [0, 0.1) is 20.8 Å². The molecule has 1 saturated heterocycles. The number of hydrogen-bond acceptors (Lipinski definition) is 4. The van der Waals surface area contributed by atoms with Crippen molar-refractivity contribution in [3.05, 3.63) is 46.3 Å². The van der Waals surface area contributed by atoms with Crippen molar-refractivity contribution in [2.45, 2.75) is 25.0 Å². The lowest BCUT2D eigenvalue weighted by Gasteiger charge is -2.36. The first-order valence-electron chi connectivity index (χ1n) is 7.77. The summed E-state index contributed by atoms with van der Waals surface area (Å²) >= 11 is 1.35. The molecule has 3 rings (SSSR count). The van der Waals surface area contributed by atoms with Crippen molar-refractivity contribution >= 4 is 27.0 Å². The maximum absolute atomic E-state index is 12.7. The van der Waals surface area contributed by atoms with Gasteiger partial charge in [-0.2, -0.15) is 4.31 Å². The van der Waals surface area contributed by atoms with Crippen molar-refractivity contribution in [2.24, 2.45) is 0 Å². The van der Waals surface area contributed by atoms with Gasteiger partial charge in [-0.25, -0.2) is 8.42 Å². The maximum atomic E-state index is 12.7. The molecule has 0 bridgehead atoms. The minimum Gasteiger partial charge on any atom is -0.369 e. The molecular weight excluding hydrogens is 328 g/mol. The third-order valence-electron chi connectivity index (χ3n) is 4.47. The van der Waals surface area contributed by atoms with Crippen LogP contribution >= 0.6 is 11.3 Å². The highest BCUT2D eigenvalue weighted by Gasteiger charge is 2.29.